The van der Waals surface area contributed by atoms with Crippen molar-refractivity contribution in [2.75, 3.05) is 6.61 Å². The molecule has 1 N–H and O–H groups in total. The molecule has 0 aromatic heterocycles. The van der Waals surface area contributed by atoms with E-state index in [1.807, 2.05) is 0 Å². The number of Topliss-reactive ketones (excluding diaryl/α,β-unsaturated/α-hetero) is 1. The largest absolute Gasteiger partial charge is 0.396 e. The Morgan fingerprint density at radius 3 is 2.32 bits per heavy atom. The standard InChI is InChI=1S/C10H18O.C10H20O/c1-7(2)9-5-4-8(3)6-10(9)11;1-9(2)5-4-6-10(3)7-8-11/h7-9H,4-6H2,1-3H3;5,10-11H,4,6-8H2,1-3H3/t8-,9+;/m1./s1. The van der Waals surface area contributed by atoms with Crippen LogP contribution in [0.4, 0.5) is 0 Å². The van der Waals surface area contributed by atoms with Gasteiger partial charge in [0, 0.05) is 18.9 Å². The van der Waals surface area contributed by atoms with Gasteiger partial charge >= 0.3 is 0 Å². The summed E-state index contributed by atoms with van der Waals surface area (Å²) in [4.78, 5) is 11.4. The van der Waals surface area contributed by atoms with Gasteiger partial charge in [-0.2, -0.15) is 0 Å². The van der Waals surface area contributed by atoms with Gasteiger partial charge in [-0.3, -0.25) is 4.79 Å². The summed E-state index contributed by atoms with van der Waals surface area (Å²) in [6.45, 7) is 13.2. The first-order chi connectivity index (χ1) is 10.3. The SMILES string of the molecule is CC(C)=CCCC(C)CCO.CC(C)[C@@H]1CC[C@@H](C)CC1=O. The first kappa shape index (κ1) is 21.4. The van der Waals surface area contributed by atoms with Crippen molar-refractivity contribution in [1.82, 2.24) is 0 Å². The maximum Gasteiger partial charge on any atom is 0.136 e. The van der Waals surface area contributed by atoms with Gasteiger partial charge in [-0.25, -0.2) is 0 Å². The molecule has 0 heterocycles. The zero-order valence-electron chi connectivity index (χ0n) is 15.7. The number of aliphatic hydroxyl groups is 1. The zero-order chi connectivity index (χ0) is 17.1. The molecule has 0 aromatic rings. The lowest BCUT2D eigenvalue weighted by Crippen LogP contribution is -2.27. The Morgan fingerprint density at radius 1 is 1.23 bits per heavy atom. The van der Waals surface area contributed by atoms with Gasteiger partial charge in [0.25, 0.3) is 0 Å². The third-order valence-corrected chi connectivity index (χ3v) is 4.57. The van der Waals surface area contributed by atoms with Crippen LogP contribution in [0.2, 0.25) is 0 Å². The van der Waals surface area contributed by atoms with Gasteiger partial charge in [-0.15, -0.1) is 0 Å². The smallest absolute Gasteiger partial charge is 0.136 e. The molecule has 1 rings (SSSR count). The van der Waals surface area contributed by atoms with E-state index in [4.69, 9.17) is 5.11 Å². The molecule has 2 nitrogen and oxygen atoms in total. The second kappa shape index (κ2) is 11.9. The quantitative estimate of drug-likeness (QED) is 0.667. The van der Waals surface area contributed by atoms with Crippen LogP contribution < -0.4 is 0 Å². The Labute approximate surface area is 138 Å². The van der Waals surface area contributed by atoms with E-state index in [2.05, 4.69) is 47.6 Å². The molecule has 0 aromatic carbocycles. The number of hydrogen-bond acceptors (Lipinski definition) is 2. The highest BCUT2D eigenvalue weighted by molar-refractivity contribution is 5.82. The molecule has 3 atom stereocenters. The van der Waals surface area contributed by atoms with Crippen LogP contribution in [-0.4, -0.2) is 17.5 Å². The molecule has 22 heavy (non-hydrogen) atoms. The van der Waals surface area contributed by atoms with Gasteiger partial charge in [0.05, 0.1) is 0 Å². The summed E-state index contributed by atoms with van der Waals surface area (Å²) in [6, 6.07) is 0. The van der Waals surface area contributed by atoms with Crippen LogP contribution in [0.5, 0.6) is 0 Å². The molecule has 130 valence electrons. The second-order valence-corrected chi connectivity index (χ2v) is 7.68. The van der Waals surface area contributed by atoms with Gasteiger partial charge < -0.3 is 5.11 Å². The van der Waals surface area contributed by atoms with Gasteiger partial charge in [0.2, 0.25) is 0 Å². The van der Waals surface area contributed by atoms with Crippen LogP contribution >= 0.6 is 0 Å². The van der Waals surface area contributed by atoms with E-state index in [0.717, 1.165) is 25.7 Å². The highest BCUT2D eigenvalue weighted by Gasteiger charge is 2.27. The number of ketones is 1. The monoisotopic (exact) mass is 310 g/mol. The zero-order valence-corrected chi connectivity index (χ0v) is 15.7. The number of aliphatic hydroxyl groups excluding tert-OH is 1. The van der Waals surface area contributed by atoms with Crippen molar-refractivity contribution >= 4 is 5.78 Å². The molecule has 1 aliphatic carbocycles. The fraction of sp³-hybridized carbons (Fsp3) is 0.850. The summed E-state index contributed by atoms with van der Waals surface area (Å²) in [5, 5.41) is 8.63. The van der Waals surface area contributed by atoms with Crippen LogP contribution in [0, 0.1) is 23.7 Å². The van der Waals surface area contributed by atoms with Crippen LogP contribution in [0.1, 0.15) is 80.1 Å². The molecule has 1 fully saturated rings. The van der Waals surface area contributed by atoms with Gasteiger partial charge in [-0.05, 0) is 63.7 Å². The van der Waals surface area contributed by atoms with Crippen molar-refractivity contribution < 1.29 is 9.90 Å². The van der Waals surface area contributed by atoms with E-state index >= 15 is 0 Å². The Bertz CT molecular complexity index is 327. The second-order valence-electron chi connectivity index (χ2n) is 7.68. The normalized spacial score (nSPS) is 22.8. The van der Waals surface area contributed by atoms with Crippen LogP contribution in [0.15, 0.2) is 11.6 Å². The van der Waals surface area contributed by atoms with Crippen molar-refractivity contribution in [2.45, 2.75) is 80.1 Å². The Kier molecular flexibility index (Phi) is 11.5. The average Bonchev–Trinajstić information content (AvgIpc) is 2.38. The summed E-state index contributed by atoms with van der Waals surface area (Å²) in [5.74, 6) is 2.72. The van der Waals surface area contributed by atoms with E-state index in [0.29, 0.717) is 36.1 Å². The molecule has 0 amide bonds. The van der Waals surface area contributed by atoms with Crippen molar-refractivity contribution in [3.63, 3.8) is 0 Å². The van der Waals surface area contributed by atoms with Gasteiger partial charge in [0.15, 0.2) is 0 Å². The Morgan fingerprint density at radius 2 is 1.86 bits per heavy atom. The molecule has 0 saturated heterocycles. The number of allylic oxidation sites excluding steroid dienone is 2. The van der Waals surface area contributed by atoms with E-state index in [-0.39, 0.29) is 0 Å². The van der Waals surface area contributed by atoms with Crippen molar-refractivity contribution in [2.24, 2.45) is 23.7 Å². The molecular weight excluding hydrogens is 272 g/mol. The highest BCUT2D eigenvalue weighted by Crippen LogP contribution is 2.29. The molecule has 0 radical (unpaired) electrons. The maximum atomic E-state index is 11.4. The number of carbonyl (C=O) groups excluding carboxylic acids is 1. The topological polar surface area (TPSA) is 37.3 Å². The van der Waals surface area contributed by atoms with Crippen LogP contribution in [0.3, 0.4) is 0 Å². The van der Waals surface area contributed by atoms with Gasteiger partial charge in [-0.1, -0.05) is 39.3 Å². The molecule has 0 aliphatic heterocycles. The molecule has 0 spiro atoms. The molecule has 1 aliphatic rings. The first-order valence-corrected chi connectivity index (χ1v) is 9.04. The summed E-state index contributed by atoms with van der Waals surface area (Å²) >= 11 is 0. The fourth-order valence-electron chi connectivity index (χ4n) is 2.95. The molecule has 1 unspecified atom stereocenters. The minimum absolute atomic E-state index is 0.329. The highest BCUT2D eigenvalue weighted by atomic mass is 16.3. The number of carbonyl (C=O) groups is 1. The molecular formula is C20H38O2. The fourth-order valence-corrected chi connectivity index (χ4v) is 2.95. The minimum Gasteiger partial charge on any atom is -0.396 e. The van der Waals surface area contributed by atoms with E-state index in [9.17, 15) is 4.79 Å². The summed E-state index contributed by atoms with van der Waals surface area (Å²) in [6.07, 6.45) is 8.74. The maximum absolute atomic E-state index is 11.4. The van der Waals surface area contributed by atoms with E-state index < -0.39 is 0 Å². The molecule has 1 saturated carbocycles. The lowest BCUT2D eigenvalue weighted by atomic mass is 9.77. The van der Waals surface area contributed by atoms with Crippen LogP contribution in [-0.2, 0) is 4.79 Å². The summed E-state index contributed by atoms with van der Waals surface area (Å²) < 4.78 is 0. The third kappa shape index (κ3) is 10.2. The van der Waals surface area contributed by atoms with E-state index in [1.54, 1.807) is 0 Å². The number of rotatable bonds is 6. The third-order valence-electron chi connectivity index (χ3n) is 4.57. The predicted molar refractivity (Wildman–Crippen MR) is 95.9 cm³/mol. The van der Waals surface area contributed by atoms with E-state index in [1.165, 1.54) is 18.4 Å². The van der Waals surface area contributed by atoms with Crippen molar-refractivity contribution in [1.29, 1.82) is 0 Å². The Balaban J connectivity index is 0.000000401. The Hall–Kier alpha value is -0.630. The van der Waals surface area contributed by atoms with Crippen molar-refractivity contribution in [3.8, 4) is 0 Å². The lowest BCUT2D eigenvalue weighted by Gasteiger charge is -2.27. The van der Waals surface area contributed by atoms with Crippen LogP contribution in [0.25, 0.3) is 0 Å². The summed E-state index contributed by atoms with van der Waals surface area (Å²) in [7, 11) is 0. The van der Waals surface area contributed by atoms with Gasteiger partial charge in [0.1, 0.15) is 5.78 Å². The molecule has 0 bridgehead atoms. The lowest BCUT2D eigenvalue weighted by molar-refractivity contribution is -0.127. The predicted octanol–water partition coefficient (Wildman–Crippen LogP) is 5.40. The summed E-state index contributed by atoms with van der Waals surface area (Å²) in [5.41, 5.74) is 1.39. The molecule has 2 heteroatoms. The first-order valence-electron chi connectivity index (χ1n) is 9.04. The van der Waals surface area contributed by atoms with Crippen molar-refractivity contribution in [3.05, 3.63) is 11.6 Å². The average molecular weight is 311 g/mol. The minimum atomic E-state index is 0.329. The number of hydrogen-bond donors (Lipinski definition) is 1.